The number of carbonyl (C=O) groups is 11. The van der Waals surface area contributed by atoms with E-state index in [1.165, 1.54) is 44.1 Å². The van der Waals surface area contributed by atoms with Crippen molar-refractivity contribution in [2.24, 2.45) is 29.6 Å². The second-order valence-corrected chi connectivity index (χ2v) is 27.2. The van der Waals surface area contributed by atoms with Crippen molar-refractivity contribution in [1.29, 1.82) is 0 Å². The van der Waals surface area contributed by atoms with Crippen LogP contribution in [0.4, 0.5) is 0 Å². The summed E-state index contributed by atoms with van der Waals surface area (Å²) in [5.74, 6) is -10.3. The van der Waals surface area contributed by atoms with Crippen LogP contribution in [0.1, 0.15) is 190 Å². The van der Waals surface area contributed by atoms with Crippen molar-refractivity contribution in [3.8, 4) is 17.2 Å². The first-order chi connectivity index (χ1) is 43.6. The number of methoxy groups -OCH3 is 1. The van der Waals surface area contributed by atoms with Gasteiger partial charge in [0, 0.05) is 49.4 Å². The smallest absolute Gasteiger partial charge is 0.243 e. The maximum Gasteiger partial charge on any atom is 0.243 e. The Kier molecular flexibility index (Phi) is 25.6. The first-order valence-corrected chi connectivity index (χ1v) is 32.2. The van der Waals surface area contributed by atoms with Crippen molar-refractivity contribution >= 4 is 64.6 Å². The molecule has 6 rings (SSSR count). The zero-order chi connectivity index (χ0) is 69.2. The van der Waals surface area contributed by atoms with Crippen LogP contribution in [0.15, 0.2) is 18.2 Å². The van der Waals surface area contributed by atoms with Crippen LogP contribution in [0.25, 0.3) is 0 Å². The summed E-state index contributed by atoms with van der Waals surface area (Å²) in [7, 11) is 1.28. The molecule has 2 aliphatic carbocycles. The van der Waals surface area contributed by atoms with E-state index in [1.54, 1.807) is 13.8 Å². The van der Waals surface area contributed by atoms with Crippen LogP contribution >= 0.6 is 0 Å². The molecule has 0 radical (unpaired) electrons. The number of rotatable bonds is 29. The summed E-state index contributed by atoms with van der Waals surface area (Å²) in [6.45, 7) is 19.8. The zero-order valence-corrected chi connectivity index (χ0v) is 55.6. The summed E-state index contributed by atoms with van der Waals surface area (Å²) in [6.07, 6.45) is -5.61. The lowest BCUT2D eigenvalue weighted by atomic mass is 9.72. The summed E-state index contributed by atoms with van der Waals surface area (Å²) in [5, 5.41) is 76.4. The van der Waals surface area contributed by atoms with Crippen molar-refractivity contribution in [3.05, 3.63) is 51.6 Å². The number of ether oxygens (including phenoxy) is 3. The topological polar surface area (TPSA) is 404 Å². The first-order valence-electron chi connectivity index (χ1n) is 32.2. The number of phenols is 2. The zero-order valence-electron chi connectivity index (χ0n) is 55.6. The van der Waals surface area contributed by atoms with Gasteiger partial charge >= 0.3 is 0 Å². The number of Topliss-reactive ketones (excluding diaryl/α,β-unsaturated/α-hetero) is 1. The third kappa shape index (κ3) is 18.2. The molecule has 2 fully saturated rings. The minimum Gasteiger partial charge on any atom is -0.507 e. The summed E-state index contributed by atoms with van der Waals surface area (Å²) in [4.78, 5) is 153. The molecular formula is C66H96N8O19. The van der Waals surface area contributed by atoms with E-state index in [1.807, 2.05) is 55.4 Å². The number of aliphatic hydroxyl groups excluding tert-OH is 2. The van der Waals surface area contributed by atoms with Crippen molar-refractivity contribution < 1.29 is 92.5 Å². The molecular weight excluding hydrogens is 1210 g/mol. The Bertz CT molecular complexity index is 3150. The maximum atomic E-state index is 14.5. The average Bonchev–Trinajstić information content (AvgIpc) is 0.876. The lowest BCUT2D eigenvalue weighted by Gasteiger charge is -2.43. The summed E-state index contributed by atoms with van der Waals surface area (Å²) in [6, 6.07) is -3.66. The normalized spacial score (nSPS) is 22.6. The van der Waals surface area contributed by atoms with Gasteiger partial charge in [0.15, 0.2) is 17.9 Å². The van der Waals surface area contributed by atoms with Crippen LogP contribution in [0, 0.1) is 29.6 Å². The van der Waals surface area contributed by atoms with Crippen LogP contribution in [0.2, 0.25) is 0 Å². The molecule has 514 valence electrons. The number of carbonyl (C=O) groups excluding carboxylic acids is 11. The highest BCUT2D eigenvalue weighted by Crippen LogP contribution is 2.52. The Morgan fingerprint density at radius 3 is 1.70 bits per heavy atom. The van der Waals surface area contributed by atoms with Crippen molar-refractivity contribution in [2.45, 2.75) is 220 Å². The number of nitrogens with one attached hydrogen (secondary N) is 7. The molecule has 2 aliphatic heterocycles. The maximum absolute atomic E-state index is 14.5. The van der Waals surface area contributed by atoms with E-state index in [0.717, 1.165) is 0 Å². The Morgan fingerprint density at radius 2 is 1.19 bits per heavy atom. The number of aromatic hydroxyl groups is 2. The number of likely N-dealkylation sites (tertiary alicyclic amines) is 1. The highest BCUT2D eigenvalue weighted by atomic mass is 16.7. The molecule has 0 aromatic heterocycles. The molecule has 27 nitrogen and oxygen atoms in total. The Hall–Kier alpha value is -7.59. The lowest BCUT2D eigenvalue weighted by molar-refractivity contribution is -0.249. The van der Waals surface area contributed by atoms with Crippen molar-refractivity contribution in [3.63, 3.8) is 0 Å². The van der Waals surface area contributed by atoms with Crippen LogP contribution in [-0.2, 0) is 59.0 Å². The molecule has 27 heteroatoms. The molecule has 0 bridgehead atoms. The van der Waals surface area contributed by atoms with Crippen LogP contribution in [0.5, 0.6) is 17.2 Å². The molecule has 2 aromatic carbocycles. The van der Waals surface area contributed by atoms with E-state index in [0.29, 0.717) is 19.4 Å². The number of hydrogen-bond donors (Lipinski definition) is 12. The van der Waals surface area contributed by atoms with E-state index >= 15 is 0 Å². The van der Waals surface area contributed by atoms with E-state index in [2.05, 4.69) is 37.2 Å². The summed E-state index contributed by atoms with van der Waals surface area (Å²) >= 11 is 0. The van der Waals surface area contributed by atoms with Gasteiger partial charge in [-0.05, 0) is 87.5 Å². The van der Waals surface area contributed by atoms with Crippen LogP contribution in [0.3, 0.4) is 0 Å². The molecule has 4 aliphatic rings. The largest absolute Gasteiger partial charge is 0.507 e. The predicted octanol–water partition coefficient (Wildman–Crippen LogP) is 1.94. The van der Waals surface area contributed by atoms with Crippen LogP contribution < -0.4 is 42.0 Å². The van der Waals surface area contributed by atoms with E-state index in [4.69, 9.17) is 14.2 Å². The van der Waals surface area contributed by atoms with Gasteiger partial charge in [-0.3, -0.25) is 52.7 Å². The standard InChI is InChI=1S/C66H96N8O19/c1-30(2)20-40(73-65(89)45-17-15-19-74(45)36(12)76)60(84)67-28-49(78)68-41(21-31(3)4)61(85)70-43(23-33(7)8)63(87)72-44(24-34(9)10)64(88)71-42(22-32(5)6)62(86)69-39-25-50(92-35(11)55(39)79)93-47-27-66(90,48(77)29-75)26-38-52(47)59(83)54-53(57(38)81)56(80)37-16-14-18-46(91-13)51(37)58(54)82/h14,16,18,30-35,39-45,47,50,55,75,79,81,83,90H,15,17,19-29H2,1-13H3,(H,67,84)(H,68,78)(H,69,86)(H,70,85)(H,71,88)(H,72,87)(H,73,89)/t35-,39-,40-,41-,42-,43-,44-,45-,47-,50-,55+,66-/m0/s1. The molecule has 8 amide bonds. The second-order valence-electron chi connectivity index (χ2n) is 27.2. The Morgan fingerprint density at radius 1 is 0.688 bits per heavy atom. The minimum atomic E-state index is -2.46. The van der Waals surface area contributed by atoms with Gasteiger partial charge in [-0.2, -0.15) is 0 Å². The lowest BCUT2D eigenvalue weighted by Crippen LogP contribution is -2.61. The summed E-state index contributed by atoms with van der Waals surface area (Å²) in [5.41, 5.74) is -4.57. The van der Waals surface area contributed by atoms with E-state index in [-0.39, 0.29) is 102 Å². The first kappa shape index (κ1) is 74.4. The predicted molar refractivity (Wildman–Crippen MR) is 336 cm³/mol. The molecule has 0 saturated carbocycles. The number of aliphatic hydroxyl groups is 3. The number of nitrogens with zero attached hydrogens (tertiary/aromatic N) is 1. The molecule has 2 aromatic rings. The monoisotopic (exact) mass is 1300 g/mol. The average molecular weight is 1310 g/mol. The molecule has 0 spiro atoms. The molecule has 93 heavy (non-hydrogen) atoms. The fraction of sp³-hybridized carbons (Fsp3) is 0.652. The Balaban J connectivity index is 1.16. The van der Waals surface area contributed by atoms with Gasteiger partial charge in [-0.15, -0.1) is 0 Å². The van der Waals surface area contributed by atoms with Gasteiger partial charge < -0.3 is 81.9 Å². The van der Waals surface area contributed by atoms with Gasteiger partial charge in [0.2, 0.25) is 53.0 Å². The number of fused-ring (bicyclic) bond motifs is 3. The van der Waals surface area contributed by atoms with Gasteiger partial charge in [-0.1, -0.05) is 81.4 Å². The fourth-order valence-corrected chi connectivity index (χ4v) is 12.7. The number of hydrogen-bond acceptors (Lipinski definition) is 19. The fourth-order valence-electron chi connectivity index (χ4n) is 12.7. The number of phenolic OH excluding ortho intramolecular Hbond substituents is 2. The van der Waals surface area contributed by atoms with Crippen LogP contribution in [-0.4, -0.2) is 188 Å². The highest BCUT2D eigenvalue weighted by Gasteiger charge is 2.51. The Labute approximate surface area is 542 Å². The third-order valence-electron chi connectivity index (χ3n) is 17.2. The molecule has 2 saturated heterocycles. The summed E-state index contributed by atoms with van der Waals surface area (Å²) < 4.78 is 17.8. The van der Waals surface area contributed by atoms with Crippen molar-refractivity contribution in [2.75, 3.05) is 26.8 Å². The number of ketones is 3. The second kappa shape index (κ2) is 32.0. The van der Waals surface area contributed by atoms with Gasteiger partial charge in [0.05, 0.1) is 48.6 Å². The number of benzene rings is 2. The third-order valence-corrected chi connectivity index (χ3v) is 17.2. The molecule has 2 heterocycles. The van der Waals surface area contributed by atoms with Gasteiger partial charge in [0.1, 0.15) is 71.8 Å². The quantitative estimate of drug-likeness (QED) is 0.0442. The molecule has 12 atom stereocenters. The SMILES string of the molecule is COc1cccc2c1C(=O)c1c(O)c3c(c(O)c1C2=O)C[C@@](O)(C(=O)CO)C[C@@H]3O[C@H]1C[C@H](NC(=O)[C@H](CC(C)C)NC(=O)[C@H](CC(C)C)NC(=O)[C@H](CC(C)C)NC(=O)[C@H](CC(C)C)NC(=O)CNC(=O)[C@H](CC(C)C)NC(=O)[C@@H]2CCCN2C(C)=O)[C@H](O)[C@H](C)O1. The van der Waals surface area contributed by atoms with Gasteiger partial charge in [0.25, 0.3) is 0 Å². The van der Waals surface area contributed by atoms with Gasteiger partial charge in [-0.25, -0.2) is 0 Å². The minimum absolute atomic E-state index is 0.00816. The number of amides is 8. The molecule has 0 unspecified atom stereocenters. The van der Waals surface area contributed by atoms with E-state index in [9.17, 15) is 78.3 Å². The van der Waals surface area contributed by atoms with Crippen molar-refractivity contribution in [1.82, 2.24) is 42.1 Å². The molecule has 12 N–H and O–H groups in total. The highest BCUT2D eigenvalue weighted by molar-refractivity contribution is 6.31. The van der Waals surface area contributed by atoms with E-state index < -0.39 is 180 Å².